The van der Waals surface area contributed by atoms with Crippen molar-refractivity contribution in [1.29, 1.82) is 0 Å². The molecule has 1 aliphatic rings. The fourth-order valence-corrected chi connectivity index (χ4v) is 1.40. The molecule has 0 aliphatic heterocycles. The van der Waals surface area contributed by atoms with Gasteiger partial charge in [-0.1, -0.05) is 6.08 Å². The maximum Gasteiger partial charge on any atom is 0.158 e. The maximum atomic E-state index is 11.1. The Morgan fingerprint density at radius 2 is 2.25 bits per heavy atom. The third kappa shape index (κ3) is 2.61. The largest absolute Gasteiger partial charge is 0.300 e. The van der Waals surface area contributed by atoms with E-state index in [1.807, 2.05) is 6.08 Å². The van der Waals surface area contributed by atoms with Gasteiger partial charge in [-0.15, -0.1) is 0 Å². The molecule has 1 aliphatic carbocycles. The second-order valence-corrected chi connectivity index (χ2v) is 3.25. The van der Waals surface area contributed by atoms with E-state index in [4.69, 9.17) is 0 Å². The molecule has 0 saturated heterocycles. The number of Topliss-reactive ketones (excluding diaryl/α,β-unsaturated/α-hetero) is 2. The van der Waals surface area contributed by atoms with E-state index >= 15 is 0 Å². The Labute approximate surface area is 72.7 Å². The summed E-state index contributed by atoms with van der Waals surface area (Å²) >= 11 is 0. The SMILES string of the molecule is CC(=O)CC/C=C1/CCCC1=O. The van der Waals surface area contributed by atoms with E-state index in [2.05, 4.69) is 0 Å². The van der Waals surface area contributed by atoms with Crippen molar-refractivity contribution in [3.8, 4) is 0 Å². The van der Waals surface area contributed by atoms with Gasteiger partial charge in [0, 0.05) is 12.8 Å². The van der Waals surface area contributed by atoms with Gasteiger partial charge in [-0.05, 0) is 31.8 Å². The van der Waals surface area contributed by atoms with Gasteiger partial charge in [0.1, 0.15) is 5.78 Å². The Morgan fingerprint density at radius 3 is 2.75 bits per heavy atom. The van der Waals surface area contributed by atoms with Gasteiger partial charge in [0.05, 0.1) is 0 Å². The Kier molecular flexibility index (Phi) is 3.20. The number of hydrogen-bond acceptors (Lipinski definition) is 2. The molecule has 0 spiro atoms. The van der Waals surface area contributed by atoms with Crippen LogP contribution in [-0.4, -0.2) is 11.6 Å². The molecule has 0 radical (unpaired) electrons. The van der Waals surface area contributed by atoms with Crippen molar-refractivity contribution in [2.45, 2.75) is 39.0 Å². The summed E-state index contributed by atoms with van der Waals surface area (Å²) in [5.41, 5.74) is 0.941. The van der Waals surface area contributed by atoms with Gasteiger partial charge in [-0.25, -0.2) is 0 Å². The molecule has 0 unspecified atom stereocenters. The average Bonchev–Trinajstić information content (AvgIpc) is 2.36. The molecule has 12 heavy (non-hydrogen) atoms. The summed E-state index contributed by atoms with van der Waals surface area (Å²) in [6.07, 6.45) is 5.83. The number of carbonyl (C=O) groups is 2. The van der Waals surface area contributed by atoms with Crippen LogP contribution in [0, 0.1) is 0 Å². The molecule has 0 aromatic heterocycles. The molecular weight excluding hydrogens is 152 g/mol. The van der Waals surface area contributed by atoms with E-state index in [0.717, 1.165) is 24.8 Å². The lowest BCUT2D eigenvalue weighted by atomic mass is 10.1. The third-order valence-corrected chi connectivity index (χ3v) is 2.10. The van der Waals surface area contributed by atoms with Gasteiger partial charge in [-0.2, -0.15) is 0 Å². The highest BCUT2D eigenvalue weighted by atomic mass is 16.1. The summed E-state index contributed by atoms with van der Waals surface area (Å²) < 4.78 is 0. The molecule has 0 heterocycles. The van der Waals surface area contributed by atoms with Crippen LogP contribution in [0.2, 0.25) is 0 Å². The molecular formula is C10H14O2. The van der Waals surface area contributed by atoms with E-state index < -0.39 is 0 Å². The topological polar surface area (TPSA) is 34.1 Å². The van der Waals surface area contributed by atoms with Crippen LogP contribution in [0.3, 0.4) is 0 Å². The highest BCUT2D eigenvalue weighted by Gasteiger charge is 2.15. The van der Waals surface area contributed by atoms with Gasteiger partial charge >= 0.3 is 0 Å². The molecule has 0 amide bonds. The van der Waals surface area contributed by atoms with Gasteiger partial charge in [0.25, 0.3) is 0 Å². The lowest BCUT2D eigenvalue weighted by Crippen LogP contribution is -1.93. The predicted molar refractivity (Wildman–Crippen MR) is 46.9 cm³/mol. The molecule has 1 fully saturated rings. The summed E-state index contributed by atoms with van der Waals surface area (Å²) in [6, 6.07) is 0. The minimum Gasteiger partial charge on any atom is -0.300 e. The Bertz CT molecular complexity index is 226. The highest BCUT2D eigenvalue weighted by Crippen LogP contribution is 2.20. The lowest BCUT2D eigenvalue weighted by molar-refractivity contribution is -0.117. The molecule has 0 bridgehead atoms. The van der Waals surface area contributed by atoms with E-state index in [0.29, 0.717) is 12.8 Å². The molecule has 0 N–H and O–H groups in total. The Morgan fingerprint density at radius 1 is 1.50 bits per heavy atom. The molecule has 0 aromatic carbocycles. The molecule has 0 atom stereocenters. The standard InChI is InChI=1S/C10H14O2/c1-8(11)4-2-5-9-6-3-7-10(9)12/h5H,2-4,6-7H2,1H3/b9-5-. The van der Waals surface area contributed by atoms with Crippen molar-refractivity contribution >= 4 is 11.6 Å². The fourth-order valence-electron chi connectivity index (χ4n) is 1.40. The zero-order valence-corrected chi connectivity index (χ0v) is 7.43. The number of allylic oxidation sites excluding steroid dienone is 2. The summed E-state index contributed by atoms with van der Waals surface area (Å²) in [5.74, 6) is 0.468. The second-order valence-electron chi connectivity index (χ2n) is 3.25. The predicted octanol–water partition coefficient (Wildman–Crippen LogP) is 2.04. The van der Waals surface area contributed by atoms with Gasteiger partial charge < -0.3 is 4.79 Å². The zero-order valence-electron chi connectivity index (χ0n) is 7.43. The van der Waals surface area contributed by atoms with Gasteiger partial charge in [-0.3, -0.25) is 4.79 Å². The van der Waals surface area contributed by atoms with Crippen LogP contribution >= 0.6 is 0 Å². The van der Waals surface area contributed by atoms with E-state index in [1.54, 1.807) is 6.92 Å². The smallest absolute Gasteiger partial charge is 0.158 e. The first-order valence-electron chi connectivity index (χ1n) is 4.42. The van der Waals surface area contributed by atoms with Crippen LogP contribution in [0.4, 0.5) is 0 Å². The molecule has 1 rings (SSSR count). The number of carbonyl (C=O) groups excluding carboxylic acids is 2. The van der Waals surface area contributed by atoms with Crippen LogP contribution < -0.4 is 0 Å². The minimum absolute atomic E-state index is 0.192. The number of ketones is 2. The third-order valence-electron chi connectivity index (χ3n) is 2.10. The maximum absolute atomic E-state index is 11.1. The first kappa shape index (κ1) is 9.17. The van der Waals surface area contributed by atoms with E-state index in [1.165, 1.54) is 0 Å². The summed E-state index contributed by atoms with van der Waals surface area (Å²) in [7, 11) is 0. The summed E-state index contributed by atoms with van der Waals surface area (Å²) in [4.78, 5) is 21.7. The molecule has 2 heteroatoms. The van der Waals surface area contributed by atoms with Crippen molar-refractivity contribution in [2.75, 3.05) is 0 Å². The Balaban J connectivity index is 2.36. The van der Waals surface area contributed by atoms with Crippen LogP contribution in [0.1, 0.15) is 39.0 Å². The summed E-state index contributed by atoms with van der Waals surface area (Å²) in [6.45, 7) is 1.58. The molecule has 66 valence electrons. The van der Waals surface area contributed by atoms with Crippen molar-refractivity contribution in [1.82, 2.24) is 0 Å². The first-order valence-corrected chi connectivity index (χ1v) is 4.42. The van der Waals surface area contributed by atoms with Crippen molar-refractivity contribution in [3.63, 3.8) is 0 Å². The molecule has 1 saturated carbocycles. The fraction of sp³-hybridized carbons (Fsp3) is 0.600. The van der Waals surface area contributed by atoms with Crippen molar-refractivity contribution in [2.24, 2.45) is 0 Å². The van der Waals surface area contributed by atoms with Crippen LogP contribution in [0.15, 0.2) is 11.6 Å². The van der Waals surface area contributed by atoms with Crippen LogP contribution in [0.5, 0.6) is 0 Å². The quantitative estimate of drug-likeness (QED) is 0.601. The highest BCUT2D eigenvalue weighted by molar-refractivity contribution is 5.97. The summed E-state index contributed by atoms with van der Waals surface area (Å²) in [5, 5.41) is 0. The lowest BCUT2D eigenvalue weighted by Gasteiger charge is -1.93. The molecule has 2 nitrogen and oxygen atoms in total. The Hall–Kier alpha value is -0.920. The minimum atomic E-state index is 0.192. The first-order chi connectivity index (χ1) is 5.70. The zero-order chi connectivity index (χ0) is 8.97. The van der Waals surface area contributed by atoms with Gasteiger partial charge in [0.2, 0.25) is 0 Å². The van der Waals surface area contributed by atoms with Crippen molar-refractivity contribution < 1.29 is 9.59 Å². The van der Waals surface area contributed by atoms with E-state index in [9.17, 15) is 9.59 Å². The van der Waals surface area contributed by atoms with E-state index in [-0.39, 0.29) is 11.6 Å². The molecule has 0 aromatic rings. The van der Waals surface area contributed by atoms with Crippen LogP contribution in [0.25, 0.3) is 0 Å². The van der Waals surface area contributed by atoms with Crippen molar-refractivity contribution in [3.05, 3.63) is 11.6 Å². The number of rotatable bonds is 3. The van der Waals surface area contributed by atoms with Gasteiger partial charge in [0.15, 0.2) is 5.78 Å². The monoisotopic (exact) mass is 166 g/mol. The second kappa shape index (κ2) is 4.19. The number of hydrogen-bond donors (Lipinski definition) is 0. The van der Waals surface area contributed by atoms with Crippen LogP contribution in [-0.2, 0) is 9.59 Å². The average molecular weight is 166 g/mol. The normalized spacial score (nSPS) is 20.4.